The SMILES string of the molecule is COc1cccc(NC(=O)C[NH+](C)CC(=O)Nc2ccc(C)cc2C)c1. The first-order valence-electron chi connectivity index (χ1n) is 8.49. The van der Waals surface area contributed by atoms with Crippen LogP contribution in [0.25, 0.3) is 0 Å². The minimum Gasteiger partial charge on any atom is -0.497 e. The number of quaternary nitrogens is 1. The van der Waals surface area contributed by atoms with Gasteiger partial charge in [-0.25, -0.2) is 0 Å². The van der Waals surface area contributed by atoms with Crippen molar-refractivity contribution in [1.29, 1.82) is 0 Å². The summed E-state index contributed by atoms with van der Waals surface area (Å²) in [6.45, 7) is 4.37. The van der Waals surface area contributed by atoms with Gasteiger partial charge in [0.2, 0.25) is 0 Å². The highest BCUT2D eigenvalue weighted by atomic mass is 16.5. The molecule has 0 saturated heterocycles. The molecule has 0 spiro atoms. The van der Waals surface area contributed by atoms with Gasteiger partial charge in [-0.15, -0.1) is 0 Å². The molecule has 0 bridgehead atoms. The highest BCUT2D eigenvalue weighted by molar-refractivity contribution is 5.93. The summed E-state index contributed by atoms with van der Waals surface area (Å²) in [5, 5.41) is 5.71. The molecular formula is C20H26N3O3+. The van der Waals surface area contributed by atoms with Gasteiger partial charge in [-0.3, -0.25) is 9.59 Å². The lowest BCUT2D eigenvalue weighted by molar-refractivity contribution is -0.862. The van der Waals surface area contributed by atoms with Gasteiger partial charge in [-0.1, -0.05) is 23.8 Å². The maximum Gasteiger partial charge on any atom is 0.279 e. The van der Waals surface area contributed by atoms with Crippen LogP contribution in [0.4, 0.5) is 11.4 Å². The number of anilines is 2. The molecule has 6 nitrogen and oxygen atoms in total. The number of methoxy groups -OCH3 is 1. The van der Waals surface area contributed by atoms with Crippen molar-refractivity contribution >= 4 is 23.2 Å². The summed E-state index contributed by atoms with van der Waals surface area (Å²) < 4.78 is 5.13. The van der Waals surface area contributed by atoms with Crippen LogP contribution in [0.1, 0.15) is 11.1 Å². The van der Waals surface area contributed by atoms with E-state index in [0.29, 0.717) is 11.4 Å². The lowest BCUT2D eigenvalue weighted by atomic mass is 10.1. The van der Waals surface area contributed by atoms with E-state index in [9.17, 15) is 9.59 Å². The second-order valence-electron chi connectivity index (χ2n) is 6.46. The van der Waals surface area contributed by atoms with E-state index < -0.39 is 0 Å². The number of hydrogen-bond donors (Lipinski definition) is 3. The molecule has 26 heavy (non-hydrogen) atoms. The van der Waals surface area contributed by atoms with E-state index in [1.165, 1.54) is 0 Å². The Hall–Kier alpha value is -2.86. The number of amides is 2. The highest BCUT2D eigenvalue weighted by Crippen LogP contribution is 2.16. The van der Waals surface area contributed by atoms with E-state index in [1.807, 2.05) is 51.2 Å². The molecule has 0 aliphatic heterocycles. The normalized spacial score (nSPS) is 11.5. The molecule has 1 unspecified atom stereocenters. The van der Waals surface area contributed by atoms with Gasteiger partial charge >= 0.3 is 0 Å². The average Bonchev–Trinajstić information content (AvgIpc) is 2.57. The molecule has 0 radical (unpaired) electrons. The number of carbonyl (C=O) groups is 2. The predicted molar refractivity (Wildman–Crippen MR) is 103 cm³/mol. The monoisotopic (exact) mass is 356 g/mol. The molecule has 0 aromatic heterocycles. The first-order chi connectivity index (χ1) is 12.4. The summed E-state index contributed by atoms with van der Waals surface area (Å²) >= 11 is 0. The summed E-state index contributed by atoms with van der Waals surface area (Å²) in [7, 11) is 3.39. The molecule has 0 aliphatic rings. The molecule has 2 aromatic rings. The van der Waals surface area contributed by atoms with Crippen molar-refractivity contribution < 1.29 is 19.2 Å². The number of hydrogen-bond acceptors (Lipinski definition) is 3. The van der Waals surface area contributed by atoms with Gasteiger partial charge < -0.3 is 20.3 Å². The Kier molecular flexibility index (Phi) is 6.74. The zero-order valence-corrected chi connectivity index (χ0v) is 15.7. The molecule has 2 rings (SSSR count). The standard InChI is InChI=1S/C20H25N3O3/c1-14-8-9-18(15(2)10-14)22-20(25)13-23(3)12-19(24)21-16-6-5-7-17(11-16)26-4/h5-11H,12-13H2,1-4H3,(H,21,24)(H,22,25)/p+1. The molecule has 0 aliphatic carbocycles. The Morgan fingerprint density at radius 3 is 2.35 bits per heavy atom. The van der Waals surface area contributed by atoms with Crippen LogP contribution in [0.15, 0.2) is 42.5 Å². The van der Waals surface area contributed by atoms with Crippen molar-refractivity contribution in [2.24, 2.45) is 0 Å². The second kappa shape index (κ2) is 9.01. The summed E-state index contributed by atoms with van der Waals surface area (Å²) in [6, 6.07) is 13.0. The van der Waals surface area contributed by atoms with E-state index in [-0.39, 0.29) is 24.9 Å². The third-order valence-electron chi connectivity index (χ3n) is 3.93. The summed E-state index contributed by atoms with van der Waals surface area (Å²) in [5.41, 5.74) is 3.64. The second-order valence-corrected chi connectivity index (χ2v) is 6.46. The zero-order valence-electron chi connectivity index (χ0n) is 15.7. The lowest BCUT2D eigenvalue weighted by Gasteiger charge is -2.15. The Morgan fingerprint density at radius 2 is 1.69 bits per heavy atom. The first kappa shape index (κ1) is 19.5. The molecule has 6 heteroatoms. The quantitative estimate of drug-likeness (QED) is 0.702. The fraction of sp³-hybridized carbons (Fsp3) is 0.300. The number of aryl methyl sites for hydroxylation is 2. The summed E-state index contributed by atoms with van der Waals surface area (Å²) in [5.74, 6) is 0.398. The van der Waals surface area contributed by atoms with E-state index in [0.717, 1.165) is 21.7 Å². The van der Waals surface area contributed by atoms with Crippen LogP contribution in [0.5, 0.6) is 5.75 Å². The van der Waals surface area contributed by atoms with Gasteiger partial charge in [0.1, 0.15) is 5.75 Å². The third-order valence-corrected chi connectivity index (χ3v) is 3.93. The van der Waals surface area contributed by atoms with Gasteiger partial charge in [0, 0.05) is 17.4 Å². The Morgan fingerprint density at radius 1 is 1.00 bits per heavy atom. The number of ether oxygens (including phenoxy) is 1. The number of nitrogens with one attached hydrogen (secondary N) is 3. The van der Waals surface area contributed by atoms with E-state index in [1.54, 1.807) is 19.2 Å². The Balaban J connectivity index is 1.84. The van der Waals surface area contributed by atoms with Crippen LogP contribution in [-0.4, -0.2) is 39.1 Å². The lowest BCUT2D eigenvalue weighted by Crippen LogP contribution is -3.11. The van der Waals surface area contributed by atoms with Crippen molar-refractivity contribution in [3.8, 4) is 5.75 Å². The van der Waals surface area contributed by atoms with Crippen molar-refractivity contribution in [3.05, 3.63) is 53.6 Å². The molecule has 138 valence electrons. The van der Waals surface area contributed by atoms with Crippen molar-refractivity contribution in [2.75, 3.05) is 37.9 Å². The predicted octanol–water partition coefficient (Wildman–Crippen LogP) is 1.40. The molecule has 0 saturated carbocycles. The zero-order chi connectivity index (χ0) is 19.1. The highest BCUT2D eigenvalue weighted by Gasteiger charge is 2.15. The minimum atomic E-state index is -0.157. The van der Waals surface area contributed by atoms with Crippen LogP contribution in [0.2, 0.25) is 0 Å². The van der Waals surface area contributed by atoms with Crippen LogP contribution in [-0.2, 0) is 9.59 Å². The first-order valence-corrected chi connectivity index (χ1v) is 8.49. The maximum atomic E-state index is 12.2. The number of rotatable bonds is 7. The van der Waals surface area contributed by atoms with Gasteiger partial charge in [-0.2, -0.15) is 0 Å². The average molecular weight is 356 g/mol. The van der Waals surface area contributed by atoms with Crippen molar-refractivity contribution in [1.82, 2.24) is 0 Å². The smallest absolute Gasteiger partial charge is 0.279 e. The molecule has 3 N–H and O–H groups in total. The fourth-order valence-corrected chi connectivity index (χ4v) is 2.66. The minimum absolute atomic E-state index is 0.122. The molecule has 2 amide bonds. The van der Waals surface area contributed by atoms with Crippen LogP contribution < -0.4 is 20.3 Å². The topological polar surface area (TPSA) is 71.9 Å². The number of benzene rings is 2. The van der Waals surface area contributed by atoms with Crippen LogP contribution >= 0.6 is 0 Å². The van der Waals surface area contributed by atoms with E-state index in [4.69, 9.17) is 4.74 Å². The van der Waals surface area contributed by atoms with Crippen molar-refractivity contribution in [3.63, 3.8) is 0 Å². The number of carbonyl (C=O) groups excluding carboxylic acids is 2. The number of likely N-dealkylation sites (N-methyl/N-ethyl adjacent to an activating group) is 1. The Labute approximate surface area is 154 Å². The Bertz CT molecular complexity index is 790. The molecule has 0 fully saturated rings. The maximum absolute atomic E-state index is 12.2. The van der Waals surface area contributed by atoms with Gasteiger partial charge in [0.25, 0.3) is 11.8 Å². The van der Waals surface area contributed by atoms with Gasteiger partial charge in [0.05, 0.1) is 14.2 Å². The van der Waals surface area contributed by atoms with Crippen LogP contribution in [0.3, 0.4) is 0 Å². The van der Waals surface area contributed by atoms with Crippen molar-refractivity contribution in [2.45, 2.75) is 13.8 Å². The van der Waals surface area contributed by atoms with E-state index in [2.05, 4.69) is 10.6 Å². The van der Waals surface area contributed by atoms with Crippen LogP contribution in [0, 0.1) is 13.8 Å². The molecule has 0 heterocycles. The fourth-order valence-electron chi connectivity index (χ4n) is 2.66. The summed E-state index contributed by atoms with van der Waals surface area (Å²) in [4.78, 5) is 25.2. The van der Waals surface area contributed by atoms with Gasteiger partial charge in [-0.05, 0) is 37.6 Å². The van der Waals surface area contributed by atoms with E-state index >= 15 is 0 Å². The molecule has 1 atom stereocenters. The summed E-state index contributed by atoms with van der Waals surface area (Å²) in [6.07, 6.45) is 0. The third kappa shape index (κ3) is 5.89. The largest absolute Gasteiger partial charge is 0.497 e. The molecule has 2 aromatic carbocycles. The molecular weight excluding hydrogens is 330 g/mol. The van der Waals surface area contributed by atoms with Gasteiger partial charge in [0.15, 0.2) is 13.1 Å².